The Bertz CT molecular complexity index is 1650. The van der Waals surface area contributed by atoms with Crippen molar-refractivity contribution in [2.75, 3.05) is 25.0 Å². The Morgan fingerprint density at radius 2 is 1.42 bits per heavy atom. The van der Waals surface area contributed by atoms with E-state index >= 15 is 0 Å². The van der Waals surface area contributed by atoms with Gasteiger partial charge in [-0.1, -0.05) is 89.9 Å². The first-order chi connectivity index (χ1) is 20.7. The van der Waals surface area contributed by atoms with Gasteiger partial charge in [0, 0.05) is 35.6 Å². The maximum absolute atomic E-state index is 14.4. The minimum atomic E-state index is -4.26. The fraction of sp³-hybridized carbons (Fsp3) is 0.188. The molecule has 0 saturated heterocycles. The van der Waals surface area contributed by atoms with Crippen LogP contribution in [0.2, 0.25) is 10.0 Å². The van der Waals surface area contributed by atoms with Gasteiger partial charge in [0.2, 0.25) is 11.8 Å². The van der Waals surface area contributed by atoms with E-state index in [0.717, 1.165) is 9.87 Å². The molecule has 2 amide bonds. The molecule has 1 N–H and O–H groups in total. The number of benzene rings is 4. The van der Waals surface area contributed by atoms with E-state index in [1.54, 1.807) is 60.7 Å². The first-order valence-electron chi connectivity index (χ1n) is 13.4. The number of carbonyl (C=O) groups excluding carboxylic acids is 2. The zero-order chi connectivity index (χ0) is 31.0. The number of hydrogen-bond donors (Lipinski definition) is 1. The van der Waals surface area contributed by atoms with Crippen LogP contribution >= 0.6 is 23.2 Å². The van der Waals surface area contributed by atoms with E-state index in [1.807, 2.05) is 30.3 Å². The third-order valence-electron chi connectivity index (χ3n) is 6.87. The lowest BCUT2D eigenvalue weighted by molar-refractivity contribution is -0.139. The van der Waals surface area contributed by atoms with Gasteiger partial charge in [-0.2, -0.15) is 0 Å². The molecule has 0 bridgehead atoms. The van der Waals surface area contributed by atoms with Gasteiger partial charge in [0.25, 0.3) is 10.0 Å². The molecule has 0 spiro atoms. The minimum absolute atomic E-state index is 0.0125. The number of amides is 2. The number of rotatable bonds is 12. The summed E-state index contributed by atoms with van der Waals surface area (Å²) >= 11 is 13.0. The lowest BCUT2D eigenvalue weighted by Crippen LogP contribution is -2.53. The Labute approximate surface area is 261 Å². The number of nitrogens with one attached hydrogen (secondary N) is 1. The average molecular weight is 641 g/mol. The molecule has 0 radical (unpaired) electrons. The molecule has 0 aliphatic rings. The molecule has 0 fully saturated rings. The molecular formula is C32H31Cl2N3O5S. The quantitative estimate of drug-likeness (QED) is 0.218. The lowest BCUT2D eigenvalue weighted by Gasteiger charge is -2.34. The smallest absolute Gasteiger partial charge is 0.264 e. The van der Waals surface area contributed by atoms with E-state index in [0.29, 0.717) is 15.6 Å². The van der Waals surface area contributed by atoms with Crippen LogP contribution in [0.1, 0.15) is 11.1 Å². The van der Waals surface area contributed by atoms with Crippen LogP contribution in [0.5, 0.6) is 5.75 Å². The molecule has 43 heavy (non-hydrogen) atoms. The number of para-hydroxylation sites is 2. The summed E-state index contributed by atoms with van der Waals surface area (Å²) in [6.45, 7) is -0.782. The molecule has 0 aliphatic heterocycles. The monoisotopic (exact) mass is 639 g/mol. The van der Waals surface area contributed by atoms with Crippen molar-refractivity contribution in [3.8, 4) is 5.75 Å². The van der Waals surface area contributed by atoms with Crippen molar-refractivity contribution in [2.24, 2.45) is 0 Å². The Morgan fingerprint density at radius 1 is 0.837 bits per heavy atom. The molecule has 11 heteroatoms. The largest absolute Gasteiger partial charge is 0.495 e. The molecule has 4 aromatic rings. The number of sulfonamides is 1. The third kappa shape index (κ3) is 7.48. The Balaban J connectivity index is 1.84. The second-order valence-corrected chi connectivity index (χ2v) is 12.2. The van der Waals surface area contributed by atoms with E-state index < -0.39 is 34.4 Å². The number of carbonyl (C=O) groups is 2. The van der Waals surface area contributed by atoms with Crippen molar-refractivity contribution < 1.29 is 22.7 Å². The second kappa shape index (κ2) is 14.4. The molecule has 4 aromatic carbocycles. The van der Waals surface area contributed by atoms with Gasteiger partial charge in [0.05, 0.1) is 17.7 Å². The molecular weight excluding hydrogens is 609 g/mol. The Morgan fingerprint density at radius 3 is 2.02 bits per heavy atom. The van der Waals surface area contributed by atoms with Gasteiger partial charge in [-0.05, 0) is 42.0 Å². The van der Waals surface area contributed by atoms with Crippen molar-refractivity contribution in [1.29, 1.82) is 0 Å². The van der Waals surface area contributed by atoms with Gasteiger partial charge < -0.3 is 15.0 Å². The molecule has 0 aromatic heterocycles. The first kappa shape index (κ1) is 31.9. The van der Waals surface area contributed by atoms with Crippen molar-refractivity contribution in [3.05, 3.63) is 124 Å². The van der Waals surface area contributed by atoms with Crippen LogP contribution in [0.25, 0.3) is 0 Å². The summed E-state index contributed by atoms with van der Waals surface area (Å²) < 4.78 is 34.6. The SMILES string of the molecule is CNC(=O)[C@@H](Cc1ccccc1)N(Cc1c(Cl)cccc1Cl)C(=O)CN(c1ccccc1OC)S(=O)(=O)c1ccccc1. The molecule has 8 nitrogen and oxygen atoms in total. The maximum Gasteiger partial charge on any atom is 0.264 e. The Kier molecular flexibility index (Phi) is 10.7. The zero-order valence-corrected chi connectivity index (χ0v) is 25.9. The Hall–Kier alpha value is -4.05. The molecule has 0 unspecified atom stereocenters. The molecule has 0 heterocycles. The zero-order valence-electron chi connectivity index (χ0n) is 23.6. The number of anilines is 1. The van der Waals surface area contributed by atoms with Crippen LogP contribution in [0.15, 0.2) is 108 Å². The fourth-order valence-corrected chi connectivity index (χ4v) is 6.61. The van der Waals surface area contributed by atoms with Crippen molar-refractivity contribution in [3.63, 3.8) is 0 Å². The maximum atomic E-state index is 14.4. The van der Waals surface area contributed by atoms with Gasteiger partial charge >= 0.3 is 0 Å². The summed E-state index contributed by atoms with van der Waals surface area (Å²) in [4.78, 5) is 29.1. The topological polar surface area (TPSA) is 96.0 Å². The van der Waals surface area contributed by atoms with E-state index in [9.17, 15) is 18.0 Å². The van der Waals surface area contributed by atoms with E-state index in [2.05, 4.69) is 5.32 Å². The van der Waals surface area contributed by atoms with Crippen LogP contribution in [-0.4, -0.2) is 51.9 Å². The highest BCUT2D eigenvalue weighted by Crippen LogP contribution is 2.33. The van der Waals surface area contributed by atoms with Crippen molar-refractivity contribution in [1.82, 2.24) is 10.2 Å². The summed E-state index contributed by atoms with van der Waals surface area (Å²) in [5.41, 5.74) is 1.39. The summed E-state index contributed by atoms with van der Waals surface area (Å²) in [7, 11) is -1.37. The molecule has 0 saturated carbocycles. The summed E-state index contributed by atoms with van der Waals surface area (Å²) in [5, 5.41) is 3.25. The fourth-order valence-electron chi connectivity index (χ4n) is 4.64. The van der Waals surface area contributed by atoms with Crippen LogP contribution < -0.4 is 14.4 Å². The van der Waals surface area contributed by atoms with Crippen molar-refractivity contribution >= 4 is 50.7 Å². The predicted molar refractivity (Wildman–Crippen MR) is 169 cm³/mol. The van der Waals surface area contributed by atoms with Crippen LogP contribution in [0.4, 0.5) is 5.69 Å². The molecule has 1 atom stereocenters. The first-order valence-corrected chi connectivity index (χ1v) is 15.6. The van der Waals surface area contributed by atoms with Gasteiger partial charge in [-0.15, -0.1) is 0 Å². The second-order valence-electron chi connectivity index (χ2n) is 9.54. The van der Waals surface area contributed by atoms with Crippen molar-refractivity contribution in [2.45, 2.75) is 23.9 Å². The van der Waals surface area contributed by atoms with Gasteiger partial charge in [-0.25, -0.2) is 8.42 Å². The summed E-state index contributed by atoms with van der Waals surface area (Å²) in [6.07, 6.45) is 0.161. The van der Waals surface area contributed by atoms with E-state index in [4.69, 9.17) is 27.9 Å². The number of halogens is 2. The number of ether oxygens (including phenoxy) is 1. The van der Waals surface area contributed by atoms with Crippen LogP contribution in [0, 0.1) is 0 Å². The van der Waals surface area contributed by atoms with Gasteiger partial charge in [-0.3, -0.25) is 13.9 Å². The number of nitrogens with zero attached hydrogens (tertiary/aromatic N) is 2. The standard InChI is InChI=1S/C32H31Cl2N3O5S/c1-35-32(39)29(20-23-12-5-3-6-13-23)36(21-25-26(33)16-11-17-27(25)34)31(38)22-37(28-18-9-10-19-30(28)42-2)43(40,41)24-14-7-4-8-15-24/h3-19,29H,20-22H2,1-2H3,(H,35,39)/t29-/m1/s1. The number of likely N-dealkylation sites (N-methyl/N-ethyl adjacent to an activating group) is 1. The third-order valence-corrected chi connectivity index (χ3v) is 9.35. The number of hydrogen-bond acceptors (Lipinski definition) is 5. The van der Waals surface area contributed by atoms with E-state index in [1.165, 1.54) is 31.2 Å². The molecule has 4 rings (SSSR count). The summed E-state index contributed by atoms with van der Waals surface area (Å²) in [5.74, 6) is -0.830. The molecule has 224 valence electrons. The molecule has 0 aliphatic carbocycles. The highest BCUT2D eigenvalue weighted by atomic mass is 35.5. The summed E-state index contributed by atoms with van der Waals surface area (Å²) in [6, 6.07) is 27.5. The van der Waals surface area contributed by atoms with Crippen LogP contribution in [-0.2, 0) is 32.6 Å². The highest BCUT2D eigenvalue weighted by molar-refractivity contribution is 7.92. The lowest BCUT2D eigenvalue weighted by atomic mass is 10.0. The van der Waals surface area contributed by atoms with E-state index in [-0.39, 0.29) is 29.3 Å². The van der Waals surface area contributed by atoms with Gasteiger partial charge in [0.15, 0.2) is 0 Å². The van der Waals surface area contributed by atoms with Gasteiger partial charge in [0.1, 0.15) is 18.3 Å². The number of methoxy groups -OCH3 is 1. The predicted octanol–water partition coefficient (Wildman–Crippen LogP) is 5.58. The highest BCUT2D eigenvalue weighted by Gasteiger charge is 2.35. The minimum Gasteiger partial charge on any atom is -0.495 e. The normalized spacial score (nSPS) is 11.8. The average Bonchev–Trinajstić information content (AvgIpc) is 3.03. The van der Waals surface area contributed by atoms with Crippen LogP contribution in [0.3, 0.4) is 0 Å².